The zero-order valence-corrected chi connectivity index (χ0v) is 13.0. The minimum absolute atomic E-state index is 0.421. The Morgan fingerprint density at radius 1 is 0.947 bits per heavy atom. The van der Waals surface area contributed by atoms with E-state index in [1.165, 1.54) is 51.4 Å². The van der Waals surface area contributed by atoms with Crippen LogP contribution in [0.1, 0.15) is 72.1 Å². The van der Waals surface area contributed by atoms with Gasteiger partial charge < -0.3 is 0 Å². The van der Waals surface area contributed by atoms with E-state index < -0.39 is 0 Å². The second kappa shape index (κ2) is 5.11. The van der Waals surface area contributed by atoms with Crippen molar-refractivity contribution in [1.82, 2.24) is 0 Å². The summed E-state index contributed by atoms with van der Waals surface area (Å²) < 4.78 is 0. The molecule has 3 aliphatic carbocycles. The molecule has 0 bridgehead atoms. The summed E-state index contributed by atoms with van der Waals surface area (Å²) in [5.41, 5.74) is 3.84. The normalized spacial score (nSPS) is 35.3. The molecule has 0 amide bonds. The Morgan fingerprint density at radius 3 is 2.26 bits per heavy atom. The molecule has 19 heavy (non-hydrogen) atoms. The van der Waals surface area contributed by atoms with Crippen LogP contribution in [0.25, 0.3) is 0 Å². The maximum Gasteiger partial charge on any atom is -0.00702 e. The molecule has 0 aromatic heterocycles. The molecule has 0 aliphatic heterocycles. The Hall–Kier alpha value is -0.520. The zero-order valence-electron chi connectivity index (χ0n) is 13.0. The summed E-state index contributed by atoms with van der Waals surface area (Å²) in [5, 5.41) is 0. The molecule has 0 aromatic rings. The van der Waals surface area contributed by atoms with E-state index in [4.69, 9.17) is 0 Å². The van der Waals surface area contributed by atoms with Crippen LogP contribution in [-0.2, 0) is 0 Å². The van der Waals surface area contributed by atoms with Crippen LogP contribution in [0.3, 0.4) is 0 Å². The first-order chi connectivity index (χ1) is 9.10. The Bertz CT molecular complexity index is 390. The molecular formula is C19H30. The topological polar surface area (TPSA) is 0 Å². The first-order valence-electron chi connectivity index (χ1n) is 8.50. The van der Waals surface area contributed by atoms with Gasteiger partial charge in [0, 0.05) is 0 Å². The van der Waals surface area contributed by atoms with Crippen LogP contribution in [-0.4, -0.2) is 0 Å². The molecule has 0 nitrogen and oxygen atoms in total. The molecule has 0 radical (unpaired) electrons. The molecule has 3 aliphatic rings. The SMILES string of the molecule is CC1=C(C=CC2CCCC2)C(C)(C)C2CCCCC12. The third-order valence-corrected chi connectivity index (χ3v) is 6.30. The molecule has 3 rings (SSSR count). The van der Waals surface area contributed by atoms with Gasteiger partial charge in [-0.2, -0.15) is 0 Å². The van der Waals surface area contributed by atoms with E-state index in [2.05, 4.69) is 32.9 Å². The molecule has 0 saturated heterocycles. The van der Waals surface area contributed by atoms with Gasteiger partial charge in [0.1, 0.15) is 0 Å². The van der Waals surface area contributed by atoms with Gasteiger partial charge in [-0.3, -0.25) is 0 Å². The minimum atomic E-state index is 0.421. The molecule has 0 heteroatoms. The average Bonchev–Trinajstić information content (AvgIpc) is 2.97. The number of hydrogen-bond donors (Lipinski definition) is 0. The van der Waals surface area contributed by atoms with Crippen molar-refractivity contribution in [1.29, 1.82) is 0 Å². The van der Waals surface area contributed by atoms with E-state index in [9.17, 15) is 0 Å². The van der Waals surface area contributed by atoms with Gasteiger partial charge in [-0.15, -0.1) is 0 Å². The Morgan fingerprint density at radius 2 is 1.58 bits per heavy atom. The summed E-state index contributed by atoms with van der Waals surface area (Å²) >= 11 is 0. The molecule has 2 saturated carbocycles. The van der Waals surface area contributed by atoms with E-state index in [1.54, 1.807) is 11.1 Å². The molecule has 0 aromatic carbocycles. The maximum atomic E-state index is 2.55. The van der Waals surface area contributed by atoms with E-state index in [0.717, 1.165) is 17.8 Å². The highest BCUT2D eigenvalue weighted by Gasteiger charge is 2.45. The molecular weight excluding hydrogens is 228 g/mol. The van der Waals surface area contributed by atoms with Crippen LogP contribution in [0.4, 0.5) is 0 Å². The third-order valence-electron chi connectivity index (χ3n) is 6.30. The van der Waals surface area contributed by atoms with Gasteiger partial charge in [-0.05, 0) is 61.3 Å². The third kappa shape index (κ3) is 2.32. The summed E-state index contributed by atoms with van der Waals surface area (Å²) in [6.07, 6.45) is 16.6. The van der Waals surface area contributed by atoms with Crippen LogP contribution < -0.4 is 0 Å². The quantitative estimate of drug-likeness (QED) is 0.579. The van der Waals surface area contributed by atoms with Crippen LogP contribution in [0.15, 0.2) is 23.3 Å². The summed E-state index contributed by atoms with van der Waals surface area (Å²) in [5.74, 6) is 2.69. The summed E-state index contributed by atoms with van der Waals surface area (Å²) in [4.78, 5) is 0. The van der Waals surface area contributed by atoms with Gasteiger partial charge in [0.05, 0.1) is 0 Å². The minimum Gasteiger partial charge on any atom is -0.0811 e. The molecule has 106 valence electrons. The second-order valence-electron chi connectivity index (χ2n) is 7.72. The molecule has 2 atom stereocenters. The summed E-state index contributed by atoms with van der Waals surface area (Å²) in [6, 6.07) is 0. The first kappa shape index (κ1) is 13.5. The van der Waals surface area contributed by atoms with Crippen molar-refractivity contribution >= 4 is 0 Å². The van der Waals surface area contributed by atoms with Crippen molar-refractivity contribution in [3.8, 4) is 0 Å². The lowest BCUT2D eigenvalue weighted by Gasteiger charge is -2.36. The van der Waals surface area contributed by atoms with E-state index in [-0.39, 0.29) is 0 Å². The lowest BCUT2D eigenvalue weighted by molar-refractivity contribution is 0.176. The monoisotopic (exact) mass is 258 g/mol. The fourth-order valence-corrected chi connectivity index (χ4v) is 5.15. The molecule has 2 fully saturated rings. The van der Waals surface area contributed by atoms with E-state index in [1.807, 2.05) is 0 Å². The first-order valence-corrected chi connectivity index (χ1v) is 8.50. The van der Waals surface area contributed by atoms with Crippen LogP contribution in [0.5, 0.6) is 0 Å². The summed E-state index contributed by atoms with van der Waals surface area (Å²) in [6.45, 7) is 7.42. The van der Waals surface area contributed by atoms with Crippen molar-refractivity contribution < 1.29 is 0 Å². The van der Waals surface area contributed by atoms with Crippen LogP contribution in [0.2, 0.25) is 0 Å². The lowest BCUT2D eigenvalue weighted by atomic mass is 9.68. The Balaban J connectivity index is 1.83. The average molecular weight is 258 g/mol. The van der Waals surface area contributed by atoms with Crippen LogP contribution in [0, 0.1) is 23.2 Å². The van der Waals surface area contributed by atoms with E-state index >= 15 is 0 Å². The number of hydrogen-bond acceptors (Lipinski definition) is 0. The highest BCUT2D eigenvalue weighted by molar-refractivity contribution is 5.39. The predicted octanol–water partition coefficient (Wildman–Crippen LogP) is 5.90. The number of rotatable bonds is 2. The lowest BCUT2D eigenvalue weighted by Crippen LogP contribution is -2.27. The van der Waals surface area contributed by atoms with Crippen molar-refractivity contribution in [2.24, 2.45) is 23.2 Å². The summed E-state index contributed by atoms with van der Waals surface area (Å²) in [7, 11) is 0. The second-order valence-corrected chi connectivity index (χ2v) is 7.72. The van der Waals surface area contributed by atoms with Crippen molar-refractivity contribution in [2.75, 3.05) is 0 Å². The standard InChI is InChI=1S/C19H30/c1-14-16-10-6-7-11-18(16)19(2,3)17(14)13-12-15-8-4-5-9-15/h12-13,15-16,18H,4-11H2,1-3H3. The largest absolute Gasteiger partial charge is 0.0811 e. The van der Waals surface area contributed by atoms with Gasteiger partial charge >= 0.3 is 0 Å². The van der Waals surface area contributed by atoms with Gasteiger partial charge in [-0.1, -0.05) is 57.3 Å². The predicted molar refractivity (Wildman–Crippen MR) is 83.0 cm³/mol. The molecule has 0 heterocycles. The molecule has 0 spiro atoms. The fraction of sp³-hybridized carbons (Fsp3) is 0.789. The van der Waals surface area contributed by atoms with Crippen molar-refractivity contribution in [2.45, 2.75) is 72.1 Å². The maximum absolute atomic E-state index is 2.55. The Labute approximate surface area is 119 Å². The fourth-order valence-electron chi connectivity index (χ4n) is 5.15. The highest BCUT2D eigenvalue weighted by atomic mass is 14.5. The van der Waals surface area contributed by atoms with Crippen molar-refractivity contribution in [3.63, 3.8) is 0 Å². The highest BCUT2D eigenvalue weighted by Crippen LogP contribution is 2.56. The van der Waals surface area contributed by atoms with E-state index in [0.29, 0.717) is 5.41 Å². The Kier molecular flexibility index (Phi) is 3.62. The smallest absolute Gasteiger partial charge is 0.00702 e. The number of allylic oxidation sites excluding steroid dienone is 4. The zero-order chi connectivity index (χ0) is 13.5. The van der Waals surface area contributed by atoms with Gasteiger partial charge in [0.25, 0.3) is 0 Å². The molecule has 2 unspecified atom stereocenters. The van der Waals surface area contributed by atoms with Crippen molar-refractivity contribution in [3.05, 3.63) is 23.3 Å². The van der Waals surface area contributed by atoms with Gasteiger partial charge in [0.15, 0.2) is 0 Å². The number of fused-ring (bicyclic) bond motifs is 1. The van der Waals surface area contributed by atoms with Gasteiger partial charge in [-0.25, -0.2) is 0 Å². The molecule has 0 N–H and O–H groups in total. The van der Waals surface area contributed by atoms with Crippen LogP contribution >= 0.6 is 0 Å². The van der Waals surface area contributed by atoms with Gasteiger partial charge in [0.2, 0.25) is 0 Å².